The van der Waals surface area contributed by atoms with E-state index in [1.165, 1.54) is 0 Å². The standard InChI is InChI=1S/C21H20N6/c22-12-16(11-15-7-3-1-4-8-15)19-17(13-23)20(25)26-21(18(19)14-24)27-9-5-2-6-10-27/h1,3-4,7-8,16H,2,5-6,9-11H2,(H2,25,26)/t16-/m1/s1. The predicted octanol–water partition coefficient (Wildman–Crippen LogP) is 3.25. The number of piperidine rings is 1. The van der Waals surface area contributed by atoms with Crippen molar-refractivity contribution in [2.45, 2.75) is 31.6 Å². The first-order chi connectivity index (χ1) is 13.2. The summed E-state index contributed by atoms with van der Waals surface area (Å²) in [4.78, 5) is 6.41. The van der Waals surface area contributed by atoms with Crippen molar-refractivity contribution in [2.75, 3.05) is 23.7 Å². The number of aromatic nitrogens is 1. The van der Waals surface area contributed by atoms with Gasteiger partial charge in [0, 0.05) is 18.7 Å². The maximum absolute atomic E-state index is 9.87. The van der Waals surface area contributed by atoms with E-state index in [-0.39, 0.29) is 11.4 Å². The fourth-order valence-electron chi connectivity index (χ4n) is 3.58. The minimum Gasteiger partial charge on any atom is -0.383 e. The minimum atomic E-state index is -0.648. The smallest absolute Gasteiger partial charge is 0.149 e. The lowest BCUT2D eigenvalue weighted by Crippen LogP contribution is -2.31. The van der Waals surface area contributed by atoms with Crippen LogP contribution in [0.1, 0.15) is 47.4 Å². The molecular weight excluding hydrogens is 336 g/mol. The van der Waals surface area contributed by atoms with Gasteiger partial charge in [0.1, 0.15) is 34.9 Å². The van der Waals surface area contributed by atoms with Crippen LogP contribution >= 0.6 is 0 Å². The van der Waals surface area contributed by atoms with Crippen molar-refractivity contribution in [2.24, 2.45) is 0 Å². The summed E-state index contributed by atoms with van der Waals surface area (Å²) in [7, 11) is 0. The SMILES string of the molecule is N#Cc1c(N)nc(N2CCCCC2)c(C#N)c1[C@@H](C#N)Cc1ccccc1. The van der Waals surface area contributed by atoms with Crippen LogP contribution < -0.4 is 10.6 Å². The van der Waals surface area contributed by atoms with Crippen LogP contribution in [0.25, 0.3) is 0 Å². The van der Waals surface area contributed by atoms with Crippen LogP contribution in [-0.2, 0) is 6.42 Å². The van der Waals surface area contributed by atoms with E-state index in [9.17, 15) is 15.8 Å². The highest BCUT2D eigenvalue weighted by Gasteiger charge is 2.28. The molecule has 3 rings (SSSR count). The Balaban J connectivity index is 2.14. The highest BCUT2D eigenvalue weighted by molar-refractivity contribution is 5.70. The Hall–Kier alpha value is -3.56. The summed E-state index contributed by atoms with van der Waals surface area (Å²) in [6, 6.07) is 16.1. The average Bonchev–Trinajstić information content (AvgIpc) is 2.72. The molecule has 0 unspecified atom stereocenters. The normalized spacial score (nSPS) is 14.6. The zero-order valence-electron chi connectivity index (χ0n) is 15.0. The van der Waals surface area contributed by atoms with Crippen molar-refractivity contribution in [3.63, 3.8) is 0 Å². The number of rotatable bonds is 4. The molecule has 6 nitrogen and oxygen atoms in total. The molecule has 134 valence electrons. The van der Waals surface area contributed by atoms with Crippen molar-refractivity contribution in [3.8, 4) is 18.2 Å². The lowest BCUT2D eigenvalue weighted by Gasteiger charge is -2.30. The van der Waals surface area contributed by atoms with E-state index >= 15 is 0 Å². The second kappa shape index (κ2) is 8.21. The summed E-state index contributed by atoms with van der Waals surface area (Å²) in [5.74, 6) is -0.0667. The van der Waals surface area contributed by atoms with Gasteiger partial charge in [-0.15, -0.1) is 0 Å². The number of nitriles is 3. The Morgan fingerprint density at radius 3 is 2.26 bits per heavy atom. The molecule has 0 aliphatic carbocycles. The predicted molar refractivity (Wildman–Crippen MR) is 103 cm³/mol. The van der Waals surface area contributed by atoms with Crippen LogP contribution in [-0.4, -0.2) is 18.1 Å². The molecule has 0 amide bonds. The Morgan fingerprint density at radius 2 is 1.67 bits per heavy atom. The molecule has 1 aromatic heterocycles. The van der Waals surface area contributed by atoms with E-state index in [0.717, 1.165) is 37.9 Å². The Bertz CT molecular complexity index is 940. The monoisotopic (exact) mass is 356 g/mol. The summed E-state index contributed by atoms with van der Waals surface area (Å²) in [5.41, 5.74) is 7.87. The first-order valence-corrected chi connectivity index (χ1v) is 9.01. The van der Waals surface area contributed by atoms with Crippen molar-refractivity contribution in [3.05, 3.63) is 52.6 Å². The molecule has 1 aliphatic heterocycles. The second-order valence-corrected chi connectivity index (χ2v) is 6.63. The third-order valence-electron chi connectivity index (χ3n) is 4.91. The van der Waals surface area contributed by atoms with E-state index < -0.39 is 5.92 Å². The van der Waals surface area contributed by atoms with E-state index in [0.29, 0.717) is 23.4 Å². The van der Waals surface area contributed by atoms with Crippen molar-refractivity contribution >= 4 is 11.6 Å². The summed E-state index contributed by atoms with van der Waals surface area (Å²) in [5, 5.41) is 29.3. The van der Waals surface area contributed by atoms with Gasteiger partial charge in [-0.25, -0.2) is 4.98 Å². The van der Waals surface area contributed by atoms with Gasteiger partial charge in [-0.05, 0) is 31.2 Å². The Kier molecular flexibility index (Phi) is 5.55. The average molecular weight is 356 g/mol. The van der Waals surface area contributed by atoms with Gasteiger partial charge in [-0.3, -0.25) is 0 Å². The number of nitrogens with zero attached hydrogens (tertiary/aromatic N) is 5. The summed E-state index contributed by atoms with van der Waals surface area (Å²) in [6.07, 6.45) is 3.59. The Labute approximate surface area is 159 Å². The van der Waals surface area contributed by atoms with E-state index in [2.05, 4.69) is 23.2 Å². The van der Waals surface area contributed by atoms with Gasteiger partial charge >= 0.3 is 0 Å². The number of hydrogen-bond acceptors (Lipinski definition) is 6. The van der Waals surface area contributed by atoms with Crippen LogP contribution in [0.4, 0.5) is 11.6 Å². The molecule has 1 saturated heterocycles. The third kappa shape index (κ3) is 3.68. The highest BCUT2D eigenvalue weighted by Crippen LogP contribution is 2.35. The molecule has 0 bridgehead atoms. The van der Waals surface area contributed by atoms with Gasteiger partial charge in [-0.2, -0.15) is 15.8 Å². The molecule has 1 aromatic carbocycles. The number of benzene rings is 1. The highest BCUT2D eigenvalue weighted by atomic mass is 15.2. The van der Waals surface area contributed by atoms with Gasteiger partial charge < -0.3 is 10.6 Å². The van der Waals surface area contributed by atoms with E-state index in [1.54, 1.807) is 0 Å². The molecule has 1 aliphatic rings. The molecule has 1 atom stereocenters. The lowest BCUT2D eigenvalue weighted by atomic mass is 9.87. The largest absolute Gasteiger partial charge is 0.383 e. The van der Waals surface area contributed by atoms with Gasteiger partial charge in [0.25, 0.3) is 0 Å². The van der Waals surface area contributed by atoms with Gasteiger partial charge in [0.2, 0.25) is 0 Å². The van der Waals surface area contributed by atoms with Gasteiger partial charge in [0.05, 0.1) is 12.0 Å². The van der Waals surface area contributed by atoms with Crippen molar-refractivity contribution in [1.29, 1.82) is 15.8 Å². The van der Waals surface area contributed by atoms with Crippen LogP contribution in [0.2, 0.25) is 0 Å². The zero-order chi connectivity index (χ0) is 19.2. The summed E-state index contributed by atoms with van der Waals surface area (Å²) in [6.45, 7) is 1.59. The number of nitrogens with two attached hydrogens (primary N) is 1. The fraction of sp³-hybridized carbons (Fsp3) is 0.333. The molecule has 27 heavy (non-hydrogen) atoms. The van der Waals surface area contributed by atoms with E-state index in [1.807, 2.05) is 35.2 Å². The number of hydrogen-bond donors (Lipinski definition) is 1. The molecule has 2 aromatic rings. The van der Waals surface area contributed by atoms with Crippen LogP contribution in [0.15, 0.2) is 30.3 Å². The molecule has 1 fully saturated rings. The van der Waals surface area contributed by atoms with Crippen molar-refractivity contribution < 1.29 is 0 Å². The van der Waals surface area contributed by atoms with Gasteiger partial charge in [-0.1, -0.05) is 30.3 Å². The van der Waals surface area contributed by atoms with Gasteiger partial charge in [0.15, 0.2) is 0 Å². The number of anilines is 2. The third-order valence-corrected chi connectivity index (χ3v) is 4.91. The maximum Gasteiger partial charge on any atom is 0.149 e. The molecular formula is C21H20N6. The van der Waals surface area contributed by atoms with Crippen LogP contribution in [0.5, 0.6) is 0 Å². The quantitative estimate of drug-likeness (QED) is 0.899. The maximum atomic E-state index is 9.87. The number of pyridine rings is 1. The van der Waals surface area contributed by atoms with Crippen LogP contribution in [0.3, 0.4) is 0 Å². The Morgan fingerprint density at radius 1 is 1.00 bits per heavy atom. The molecule has 2 heterocycles. The van der Waals surface area contributed by atoms with Crippen LogP contribution in [0, 0.1) is 34.0 Å². The summed E-state index contributed by atoms with van der Waals surface area (Å²) < 4.78 is 0. The first-order valence-electron chi connectivity index (χ1n) is 9.01. The zero-order valence-corrected chi connectivity index (χ0v) is 15.0. The topological polar surface area (TPSA) is 114 Å². The molecule has 6 heteroatoms. The summed E-state index contributed by atoms with van der Waals surface area (Å²) >= 11 is 0. The molecule has 0 spiro atoms. The molecule has 2 N–H and O–H groups in total. The second-order valence-electron chi connectivity index (χ2n) is 6.63. The fourth-order valence-corrected chi connectivity index (χ4v) is 3.58. The number of nitrogen functional groups attached to an aromatic ring is 1. The van der Waals surface area contributed by atoms with E-state index in [4.69, 9.17) is 5.73 Å². The molecule has 0 saturated carbocycles. The minimum absolute atomic E-state index is 0.0837. The lowest BCUT2D eigenvalue weighted by molar-refractivity contribution is 0.573. The first kappa shape index (κ1) is 18.2. The van der Waals surface area contributed by atoms with Crippen molar-refractivity contribution in [1.82, 2.24) is 4.98 Å². The molecule has 0 radical (unpaired) electrons.